The molecule has 7 rings (SSSR count). The fraction of sp³-hybridized carbons (Fsp3) is 0.122. The molecule has 0 unspecified atom stereocenters. The average Bonchev–Trinajstić information content (AvgIpc) is 3.63. The maximum atomic E-state index is 5.14. The number of fused-ring (bicyclic) bond motifs is 1. The highest BCUT2D eigenvalue weighted by Crippen LogP contribution is 2.40. The van der Waals surface area contributed by atoms with E-state index in [2.05, 4.69) is 186 Å². The highest BCUT2D eigenvalue weighted by atomic mass is 32.1. The Balaban J connectivity index is 0.00000144. The number of hydrogen-bond acceptors (Lipinski definition) is 2. The molecule has 0 amide bonds. The summed E-state index contributed by atoms with van der Waals surface area (Å²) in [4.78, 5) is 5.14. The maximum Gasteiger partial charge on any atom is 0.0936 e. The van der Waals surface area contributed by atoms with E-state index >= 15 is 0 Å². The second-order valence-corrected chi connectivity index (χ2v) is 13.7. The van der Waals surface area contributed by atoms with Gasteiger partial charge < -0.3 is 0 Å². The predicted octanol–water partition coefficient (Wildman–Crippen LogP) is 14.8. The Bertz CT molecular complexity index is 2230. The summed E-state index contributed by atoms with van der Waals surface area (Å²) in [6.07, 6.45) is 10.2. The minimum atomic E-state index is 0.915. The first-order valence-electron chi connectivity index (χ1n) is 17.9. The van der Waals surface area contributed by atoms with E-state index in [9.17, 15) is 0 Å². The molecule has 0 spiro atoms. The second-order valence-electron chi connectivity index (χ2n) is 12.6. The van der Waals surface area contributed by atoms with Gasteiger partial charge in [0, 0.05) is 5.56 Å². The van der Waals surface area contributed by atoms with Gasteiger partial charge in [-0.25, -0.2) is 4.98 Å². The Morgan fingerprint density at radius 3 is 1.67 bits per heavy atom. The average molecular weight is 680 g/mol. The van der Waals surface area contributed by atoms with Crippen LogP contribution in [0.3, 0.4) is 0 Å². The van der Waals surface area contributed by atoms with Crippen molar-refractivity contribution in [2.45, 2.75) is 40.5 Å². The number of benzene rings is 6. The quantitative estimate of drug-likeness (QED) is 0.138. The molecule has 7 aromatic rings. The first kappa shape index (κ1) is 35.3. The minimum absolute atomic E-state index is 0.915. The molecule has 0 saturated heterocycles. The summed E-state index contributed by atoms with van der Waals surface area (Å²) in [5, 5.41) is 1.16. The van der Waals surface area contributed by atoms with E-state index in [0.29, 0.717) is 0 Å². The normalized spacial score (nSPS) is 11.4. The lowest BCUT2D eigenvalue weighted by atomic mass is 9.91. The van der Waals surface area contributed by atoms with Crippen molar-refractivity contribution in [1.82, 2.24) is 4.98 Å². The summed E-state index contributed by atoms with van der Waals surface area (Å²) >= 11 is 1.80. The van der Waals surface area contributed by atoms with Gasteiger partial charge in [-0.15, -0.1) is 11.3 Å². The van der Waals surface area contributed by atoms with Crippen molar-refractivity contribution < 1.29 is 0 Å². The zero-order valence-corrected chi connectivity index (χ0v) is 30.9. The number of nitrogens with zero attached hydrogens (tertiary/aromatic N) is 1. The molecule has 0 atom stereocenters. The van der Waals surface area contributed by atoms with Crippen molar-refractivity contribution in [1.29, 1.82) is 0 Å². The highest BCUT2D eigenvalue weighted by molar-refractivity contribution is 7.18. The minimum Gasteiger partial charge on any atom is -0.241 e. The molecule has 6 aromatic carbocycles. The number of allylic oxidation sites excluding steroid dienone is 5. The van der Waals surface area contributed by atoms with Crippen molar-refractivity contribution in [2.75, 3.05) is 0 Å². The topological polar surface area (TPSA) is 12.9 Å². The van der Waals surface area contributed by atoms with Crippen molar-refractivity contribution in [3.8, 4) is 55.6 Å². The second kappa shape index (κ2) is 16.9. The zero-order chi connectivity index (χ0) is 35.6. The molecule has 51 heavy (non-hydrogen) atoms. The van der Waals surface area contributed by atoms with E-state index < -0.39 is 0 Å². The molecule has 0 aliphatic heterocycles. The van der Waals surface area contributed by atoms with Crippen molar-refractivity contribution in [3.63, 3.8) is 0 Å². The summed E-state index contributed by atoms with van der Waals surface area (Å²) in [7, 11) is 0. The van der Waals surface area contributed by atoms with Crippen LogP contribution in [0.15, 0.2) is 170 Å². The van der Waals surface area contributed by atoms with Crippen molar-refractivity contribution in [3.05, 3.63) is 181 Å². The van der Waals surface area contributed by atoms with Gasteiger partial charge in [0.2, 0.25) is 0 Å². The Hall–Kier alpha value is -5.57. The fourth-order valence-corrected chi connectivity index (χ4v) is 7.23. The summed E-state index contributed by atoms with van der Waals surface area (Å²) in [6, 6.07) is 50.7. The number of thiazole rings is 1. The summed E-state index contributed by atoms with van der Waals surface area (Å²) in [5.41, 5.74) is 15.4. The van der Waals surface area contributed by atoms with Crippen LogP contribution in [-0.4, -0.2) is 4.98 Å². The van der Waals surface area contributed by atoms with E-state index in [1.54, 1.807) is 11.3 Å². The summed E-state index contributed by atoms with van der Waals surface area (Å²) in [6.45, 7) is 12.3. The Labute approximate surface area is 308 Å². The summed E-state index contributed by atoms with van der Waals surface area (Å²) in [5.74, 6) is 0. The van der Waals surface area contributed by atoms with Gasteiger partial charge in [0.25, 0.3) is 0 Å². The van der Waals surface area contributed by atoms with Gasteiger partial charge in [0.1, 0.15) is 0 Å². The third kappa shape index (κ3) is 8.26. The molecule has 0 aliphatic rings. The molecule has 252 valence electrons. The molecule has 0 fully saturated rings. The fourth-order valence-electron chi connectivity index (χ4n) is 6.25. The first-order valence-corrected chi connectivity index (χ1v) is 18.7. The SMILES string of the molecule is C=C/C=C\C(=C/C)c1ccc(-c2cccc(-c3cc(-c4cc(-c5ccccc5)cc(-c5ccccc5)c4)cc4sc(CC)nc34)c2)cc1.CCC. The molecule has 1 aromatic heterocycles. The van der Waals surface area contributed by atoms with Gasteiger partial charge in [-0.3, -0.25) is 0 Å². The van der Waals surface area contributed by atoms with Crippen LogP contribution in [0.5, 0.6) is 0 Å². The van der Waals surface area contributed by atoms with Crippen LogP contribution in [0.4, 0.5) is 0 Å². The van der Waals surface area contributed by atoms with E-state index in [4.69, 9.17) is 4.98 Å². The van der Waals surface area contributed by atoms with Gasteiger partial charge in [0.05, 0.1) is 15.2 Å². The smallest absolute Gasteiger partial charge is 0.0936 e. The zero-order valence-electron chi connectivity index (χ0n) is 30.1. The lowest BCUT2D eigenvalue weighted by Crippen LogP contribution is -1.89. The largest absolute Gasteiger partial charge is 0.241 e. The van der Waals surface area contributed by atoms with Crippen LogP contribution in [0.25, 0.3) is 71.4 Å². The van der Waals surface area contributed by atoms with Crippen LogP contribution < -0.4 is 0 Å². The number of aryl methyl sites for hydroxylation is 1. The van der Waals surface area contributed by atoms with Crippen molar-refractivity contribution in [2.24, 2.45) is 0 Å². The molecule has 2 heteroatoms. The lowest BCUT2D eigenvalue weighted by molar-refractivity contribution is 1.09. The van der Waals surface area contributed by atoms with Crippen LogP contribution >= 0.6 is 11.3 Å². The van der Waals surface area contributed by atoms with Gasteiger partial charge in [-0.05, 0) is 111 Å². The highest BCUT2D eigenvalue weighted by Gasteiger charge is 2.15. The number of aromatic nitrogens is 1. The van der Waals surface area contributed by atoms with Gasteiger partial charge >= 0.3 is 0 Å². The monoisotopic (exact) mass is 679 g/mol. The Kier molecular flexibility index (Phi) is 11.7. The van der Waals surface area contributed by atoms with Gasteiger partial charge in [-0.1, -0.05) is 161 Å². The van der Waals surface area contributed by atoms with E-state index in [1.165, 1.54) is 72.3 Å². The molecular weight excluding hydrogens is 635 g/mol. The van der Waals surface area contributed by atoms with E-state index in [1.807, 2.05) is 12.2 Å². The van der Waals surface area contributed by atoms with E-state index in [0.717, 1.165) is 22.5 Å². The van der Waals surface area contributed by atoms with Crippen molar-refractivity contribution >= 4 is 27.1 Å². The standard InChI is InChI=1S/C46H37NS.C3H8/c1-4-7-15-32(5-2)35-22-24-36(25-23-35)37-20-14-21-38(26-37)43-30-42(31-44-46(43)47-45(6-3)48-44)41-28-39(33-16-10-8-11-17-33)27-40(29-41)34-18-12-9-13-19-34;1-3-2/h4-5,7-31H,1,6H2,2-3H3;3H2,1-2H3/b15-7-,32-5+;. The molecule has 1 heterocycles. The van der Waals surface area contributed by atoms with Crippen LogP contribution in [0, 0.1) is 0 Å². The number of rotatable bonds is 9. The molecular formula is C49H45NS. The predicted molar refractivity (Wildman–Crippen MR) is 225 cm³/mol. The lowest BCUT2D eigenvalue weighted by Gasteiger charge is -2.13. The molecule has 0 aliphatic carbocycles. The molecule has 0 N–H and O–H groups in total. The van der Waals surface area contributed by atoms with Gasteiger partial charge in [0.15, 0.2) is 0 Å². The molecule has 0 radical (unpaired) electrons. The third-order valence-electron chi connectivity index (χ3n) is 8.77. The van der Waals surface area contributed by atoms with Crippen LogP contribution in [-0.2, 0) is 6.42 Å². The molecule has 0 bridgehead atoms. The first-order chi connectivity index (χ1) is 25.0. The van der Waals surface area contributed by atoms with Gasteiger partial charge in [-0.2, -0.15) is 0 Å². The van der Waals surface area contributed by atoms with Crippen LogP contribution in [0.1, 0.15) is 44.7 Å². The Morgan fingerprint density at radius 2 is 1.10 bits per heavy atom. The molecule has 0 saturated carbocycles. The molecule has 1 nitrogen and oxygen atoms in total. The Morgan fingerprint density at radius 1 is 0.588 bits per heavy atom. The van der Waals surface area contributed by atoms with Crippen LogP contribution in [0.2, 0.25) is 0 Å². The third-order valence-corrected chi connectivity index (χ3v) is 9.92. The number of hydrogen-bond donors (Lipinski definition) is 0. The summed E-state index contributed by atoms with van der Waals surface area (Å²) < 4.78 is 1.21. The maximum absolute atomic E-state index is 5.14. The van der Waals surface area contributed by atoms with E-state index in [-0.39, 0.29) is 0 Å².